The maximum Gasteiger partial charge on any atom is 0.119 e. The number of rotatable bonds is 4. The van der Waals surface area contributed by atoms with E-state index in [1.165, 1.54) is 0 Å². The predicted octanol–water partition coefficient (Wildman–Crippen LogP) is 2.69. The lowest BCUT2D eigenvalue weighted by Crippen LogP contribution is -1.97. The molecule has 0 amide bonds. The van der Waals surface area contributed by atoms with Crippen LogP contribution in [0.15, 0.2) is 12.1 Å². The highest BCUT2D eigenvalue weighted by molar-refractivity contribution is 5.45. The second kappa shape index (κ2) is 4.34. The summed E-state index contributed by atoms with van der Waals surface area (Å²) in [6.07, 6.45) is 2.42. The highest BCUT2D eigenvalue weighted by Gasteiger charge is 2.23. The lowest BCUT2D eigenvalue weighted by molar-refractivity contribution is 0.383. The van der Waals surface area contributed by atoms with Crippen molar-refractivity contribution in [2.75, 3.05) is 6.61 Å². The van der Waals surface area contributed by atoms with Crippen molar-refractivity contribution in [1.29, 1.82) is 0 Å². The summed E-state index contributed by atoms with van der Waals surface area (Å²) in [7, 11) is 0. The van der Waals surface area contributed by atoms with Gasteiger partial charge in [0.05, 0.1) is 12.7 Å². The minimum atomic E-state index is 0.246. The van der Waals surface area contributed by atoms with Crippen molar-refractivity contribution in [3.05, 3.63) is 23.3 Å². The van der Waals surface area contributed by atoms with Gasteiger partial charge >= 0.3 is 0 Å². The van der Waals surface area contributed by atoms with Crippen LogP contribution in [0.4, 0.5) is 0 Å². The van der Waals surface area contributed by atoms with Crippen LogP contribution in [0.5, 0.6) is 11.5 Å². The first-order valence-corrected chi connectivity index (χ1v) is 5.72. The fourth-order valence-corrected chi connectivity index (χ4v) is 1.92. The van der Waals surface area contributed by atoms with Crippen molar-refractivity contribution in [3.63, 3.8) is 0 Å². The van der Waals surface area contributed by atoms with Crippen LogP contribution in [-0.2, 0) is 4.74 Å². The van der Waals surface area contributed by atoms with E-state index in [0.717, 1.165) is 25.0 Å². The van der Waals surface area contributed by atoms with Gasteiger partial charge in [0.15, 0.2) is 0 Å². The van der Waals surface area contributed by atoms with Gasteiger partial charge in [-0.2, -0.15) is 0 Å². The standard InChI is InChI=1S/C13H18O3/c1-8(3-4-10-7-16-10)11-6-12(14)9(2)5-13(11)15/h5-6,8,10,14-15H,3-4,7H2,1-2H3/t8-,10+/m0/s1. The molecule has 1 aliphatic rings. The molecule has 0 saturated carbocycles. The number of aryl methyl sites for hydroxylation is 1. The van der Waals surface area contributed by atoms with Gasteiger partial charge in [-0.05, 0) is 43.4 Å². The summed E-state index contributed by atoms with van der Waals surface area (Å²) in [4.78, 5) is 0. The summed E-state index contributed by atoms with van der Waals surface area (Å²) in [5.41, 5.74) is 1.53. The average Bonchev–Trinajstić information content (AvgIpc) is 3.03. The molecule has 0 aliphatic carbocycles. The van der Waals surface area contributed by atoms with Crippen LogP contribution in [0.3, 0.4) is 0 Å². The maximum absolute atomic E-state index is 9.82. The number of aromatic hydroxyl groups is 2. The number of epoxide rings is 1. The zero-order valence-electron chi connectivity index (χ0n) is 9.73. The Bertz CT molecular complexity index is 383. The molecule has 0 unspecified atom stereocenters. The summed E-state index contributed by atoms with van der Waals surface area (Å²) in [5, 5.41) is 19.5. The first-order chi connectivity index (χ1) is 7.58. The van der Waals surface area contributed by atoms with Crippen molar-refractivity contribution in [3.8, 4) is 11.5 Å². The second-order valence-electron chi connectivity index (χ2n) is 4.63. The highest BCUT2D eigenvalue weighted by atomic mass is 16.6. The monoisotopic (exact) mass is 222 g/mol. The number of hydrogen-bond acceptors (Lipinski definition) is 3. The van der Waals surface area contributed by atoms with Crippen molar-refractivity contribution in [1.82, 2.24) is 0 Å². The molecular formula is C13H18O3. The summed E-state index contributed by atoms with van der Waals surface area (Å²) in [6.45, 7) is 4.71. The Hall–Kier alpha value is -1.22. The number of hydrogen-bond donors (Lipinski definition) is 2. The average molecular weight is 222 g/mol. The molecule has 1 heterocycles. The molecule has 1 aromatic rings. The number of benzene rings is 1. The fourth-order valence-electron chi connectivity index (χ4n) is 1.92. The number of ether oxygens (including phenoxy) is 1. The SMILES string of the molecule is Cc1cc(O)c([C@@H](C)CC[C@@H]2CO2)cc1O. The molecule has 1 aliphatic heterocycles. The summed E-state index contributed by atoms with van der Waals surface area (Å²) in [6, 6.07) is 3.29. The van der Waals surface area contributed by atoms with Crippen LogP contribution < -0.4 is 0 Å². The van der Waals surface area contributed by atoms with E-state index >= 15 is 0 Å². The third kappa shape index (κ3) is 2.47. The summed E-state index contributed by atoms with van der Waals surface area (Å²) in [5.74, 6) is 0.775. The largest absolute Gasteiger partial charge is 0.508 e. The Kier molecular flexibility index (Phi) is 3.06. The molecule has 16 heavy (non-hydrogen) atoms. The minimum absolute atomic E-state index is 0.246. The molecular weight excluding hydrogens is 204 g/mol. The predicted molar refractivity (Wildman–Crippen MR) is 61.9 cm³/mol. The van der Waals surface area contributed by atoms with Gasteiger partial charge in [-0.15, -0.1) is 0 Å². The van der Waals surface area contributed by atoms with E-state index in [1.807, 2.05) is 0 Å². The Morgan fingerprint density at radius 2 is 2.06 bits per heavy atom. The number of phenolic OH excluding ortho intramolecular Hbond substituents is 2. The Balaban J connectivity index is 2.08. The van der Waals surface area contributed by atoms with Gasteiger partial charge in [0.2, 0.25) is 0 Å². The topological polar surface area (TPSA) is 53.0 Å². The normalized spacial score (nSPS) is 20.8. The summed E-state index contributed by atoms with van der Waals surface area (Å²) >= 11 is 0. The Labute approximate surface area is 95.7 Å². The van der Waals surface area contributed by atoms with Crippen molar-refractivity contribution >= 4 is 0 Å². The van der Waals surface area contributed by atoms with E-state index < -0.39 is 0 Å². The van der Waals surface area contributed by atoms with E-state index in [2.05, 4.69) is 6.92 Å². The molecule has 0 aromatic heterocycles. The highest BCUT2D eigenvalue weighted by Crippen LogP contribution is 2.35. The molecule has 2 rings (SSSR count). The van der Waals surface area contributed by atoms with E-state index in [9.17, 15) is 10.2 Å². The smallest absolute Gasteiger partial charge is 0.119 e. The van der Waals surface area contributed by atoms with Crippen LogP contribution >= 0.6 is 0 Å². The number of phenols is 2. The van der Waals surface area contributed by atoms with Gasteiger partial charge in [0.1, 0.15) is 11.5 Å². The van der Waals surface area contributed by atoms with E-state index in [-0.39, 0.29) is 17.4 Å². The zero-order chi connectivity index (χ0) is 11.7. The van der Waals surface area contributed by atoms with E-state index in [1.54, 1.807) is 19.1 Å². The molecule has 0 bridgehead atoms. The lowest BCUT2D eigenvalue weighted by atomic mass is 9.93. The van der Waals surface area contributed by atoms with Gasteiger partial charge < -0.3 is 14.9 Å². The quantitative estimate of drug-likeness (QED) is 0.608. The summed E-state index contributed by atoms with van der Waals surface area (Å²) < 4.78 is 5.16. The van der Waals surface area contributed by atoms with Crippen molar-refractivity contribution in [2.24, 2.45) is 0 Å². The molecule has 2 atom stereocenters. The van der Waals surface area contributed by atoms with Gasteiger partial charge in [-0.3, -0.25) is 0 Å². The third-order valence-electron chi connectivity index (χ3n) is 3.20. The molecule has 1 fully saturated rings. The van der Waals surface area contributed by atoms with Crippen LogP contribution in [-0.4, -0.2) is 22.9 Å². The van der Waals surface area contributed by atoms with Crippen LogP contribution in [0.25, 0.3) is 0 Å². The Morgan fingerprint density at radius 1 is 1.38 bits per heavy atom. The molecule has 0 radical (unpaired) electrons. The molecule has 1 saturated heterocycles. The molecule has 3 nitrogen and oxygen atoms in total. The lowest BCUT2D eigenvalue weighted by Gasteiger charge is -2.14. The maximum atomic E-state index is 9.82. The van der Waals surface area contributed by atoms with Gasteiger partial charge in [0.25, 0.3) is 0 Å². The minimum Gasteiger partial charge on any atom is -0.508 e. The van der Waals surface area contributed by atoms with Crippen LogP contribution in [0.1, 0.15) is 36.8 Å². The molecule has 0 spiro atoms. The van der Waals surface area contributed by atoms with Gasteiger partial charge in [-0.25, -0.2) is 0 Å². The van der Waals surface area contributed by atoms with Gasteiger partial charge in [-0.1, -0.05) is 6.92 Å². The Morgan fingerprint density at radius 3 is 2.69 bits per heavy atom. The molecule has 2 N–H and O–H groups in total. The first kappa shape index (κ1) is 11.3. The third-order valence-corrected chi connectivity index (χ3v) is 3.20. The van der Waals surface area contributed by atoms with Crippen LogP contribution in [0, 0.1) is 6.92 Å². The molecule has 3 heteroatoms. The van der Waals surface area contributed by atoms with Crippen molar-refractivity contribution in [2.45, 2.75) is 38.7 Å². The van der Waals surface area contributed by atoms with Crippen LogP contribution in [0.2, 0.25) is 0 Å². The first-order valence-electron chi connectivity index (χ1n) is 5.72. The fraction of sp³-hybridized carbons (Fsp3) is 0.538. The van der Waals surface area contributed by atoms with E-state index in [4.69, 9.17) is 4.74 Å². The van der Waals surface area contributed by atoms with Crippen molar-refractivity contribution < 1.29 is 14.9 Å². The zero-order valence-corrected chi connectivity index (χ0v) is 9.73. The van der Waals surface area contributed by atoms with Gasteiger partial charge in [0, 0.05) is 5.56 Å². The molecule has 1 aromatic carbocycles. The van der Waals surface area contributed by atoms with E-state index in [0.29, 0.717) is 11.7 Å². The second-order valence-corrected chi connectivity index (χ2v) is 4.63. The molecule has 88 valence electrons.